The largest absolute Gasteiger partial charge is 0.379 e. The van der Waals surface area contributed by atoms with Gasteiger partial charge in [0.1, 0.15) is 12.0 Å². The Bertz CT molecular complexity index is 211. The zero-order valence-corrected chi connectivity index (χ0v) is 8.87. The van der Waals surface area contributed by atoms with E-state index in [-0.39, 0.29) is 17.2 Å². The Morgan fingerprint density at radius 2 is 2.15 bits per heavy atom. The maximum absolute atomic E-state index is 11.3. The van der Waals surface area contributed by atoms with Crippen LogP contribution in [0.3, 0.4) is 0 Å². The number of carbonyl (C=O) groups excluding carboxylic acids is 1. The lowest BCUT2D eigenvalue weighted by Crippen LogP contribution is -2.41. The van der Waals surface area contributed by atoms with Gasteiger partial charge in [0, 0.05) is 6.54 Å². The predicted molar refractivity (Wildman–Crippen MR) is 51.3 cm³/mol. The first-order chi connectivity index (χ1) is 5.83. The van der Waals surface area contributed by atoms with E-state index in [1.165, 1.54) is 0 Å². The van der Waals surface area contributed by atoms with Crippen LogP contribution in [0.5, 0.6) is 0 Å². The summed E-state index contributed by atoms with van der Waals surface area (Å²) in [6, 6.07) is -0.0880. The van der Waals surface area contributed by atoms with Gasteiger partial charge in [0.25, 0.3) is 0 Å². The van der Waals surface area contributed by atoms with Gasteiger partial charge in [0.05, 0.1) is 6.04 Å². The third-order valence-corrected chi connectivity index (χ3v) is 2.71. The molecular weight excluding hydrogens is 166 g/mol. The summed E-state index contributed by atoms with van der Waals surface area (Å²) in [4.78, 5) is 13.2. The lowest BCUT2D eigenvalue weighted by Gasteiger charge is -2.25. The van der Waals surface area contributed by atoms with Crippen LogP contribution in [0.1, 0.15) is 34.1 Å². The summed E-state index contributed by atoms with van der Waals surface area (Å²) in [6.45, 7) is 8.38. The van der Waals surface area contributed by atoms with E-state index in [0.29, 0.717) is 0 Å². The van der Waals surface area contributed by atoms with Crippen LogP contribution in [0.2, 0.25) is 0 Å². The molecule has 1 heterocycles. The van der Waals surface area contributed by atoms with Crippen molar-refractivity contribution >= 4 is 5.78 Å². The molecule has 2 atom stereocenters. The second-order valence-corrected chi connectivity index (χ2v) is 4.80. The SMILES string of the molecule is CC(=O)[C@@H]1CC(C)(C)CN1C(C)O. The maximum Gasteiger partial charge on any atom is 0.147 e. The van der Waals surface area contributed by atoms with Gasteiger partial charge in [-0.1, -0.05) is 13.8 Å². The molecule has 1 saturated heterocycles. The third-order valence-electron chi connectivity index (χ3n) is 2.71. The van der Waals surface area contributed by atoms with Crippen LogP contribution in [0.15, 0.2) is 0 Å². The van der Waals surface area contributed by atoms with E-state index in [2.05, 4.69) is 13.8 Å². The summed E-state index contributed by atoms with van der Waals surface area (Å²) >= 11 is 0. The minimum atomic E-state index is -0.518. The number of aliphatic hydroxyl groups excluding tert-OH is 1. The zero-order valence-electron chi connectivity index (χ0n) is 8.87. The van der Waals surface area contributed by atoms with Gasteiger partial charge in [-0.2, -0.15) is 0 Å². The second kappa shape index (κ2) is 3.39. The highest BCUT2D eigenvalue weighted by atomic mass is 16.3. The normalized spacial score (nSPS) is 30.4. The van der Waals surface area contributed by atoms with Crippen molar-refractivity contribution in [3.05, 3.63) is 0 Å². The predicted octanol–water partition coefficient (Wildman–Crippen LogP) is 1.01. The molecule has 0 radical (unpaired) electrons. The fraction of sp³-hybridized carbons (Fsp3) is 0.900. The molecule has 1 unspecified atom stereocenters. The minimum absolute atomic E-state index is 0.0880. The van der Waals surface area contributed by atoms with Crippen molar-refractivity contribution in [3.8, 4) is 0 Å². The summed E-state index contributed by atoms with van der Waals surface area (Å²) in [5, 5.41) is 9.48. The van der Waals surface area contributed by atoms with Crippen LogP contribution in [-0.4, -0.2) is 34.6 Å². The summed E-state index contributed by atoms with van der Waals surface area (Å²) in [5.74, 6) is 0.159. The Morgan fingerprint density at radius 1 is 1.62 bits per heavy atom. The Hall–Kier alpha value is -0.410. The van der Waals surface area contributed by atoms with Crippen LogP contribution in [-0.2, 0) is 4.79 Å². The highest BCUT2D eigenvalue weighted by molar-refractivity contribution is 5.81. The van der Waals surface area contributed by atoms with Crippen molar-refractivity contribution in [1.29, 1.82) is 0 Å². The molecule has 1 aliphatic heterocycles. The molecule has 1 aliphatic rings. The fourth-order valence-corrected chi connectivity index (χ4v) is 2.08. The van der Waals surface area contributed by atoms with Gasteiger partial charge in [-0.3, -0.25) is 9.69 Å². The van der Waals surface area contributed by atoms with E-state index in [4.69, 9.17) is 0 Å². The van der Waals surface area contributed by atoms with Crippen molar-refractivity contribution in [2.24, 2.45) is 5.41 Å². The van der Waals surface area contributed by atoms with Gasteiger partial charge >= 0.3 is 0 Å². The molecule has 3 heteroatoms. The van der Waals surface area contributed by atoms with E-state index in [9.17, 15) is 9.90 Å². The number of nitrogens with zero attached hydrogens (tertiary/aromatic N) is 1. The van der Waals surface area contributed by atoms with Gasteiger partial charge in [0.2, 0.25) is 0 Å². The number of ketones is 1. The van der Waals surface area contributed by atoms with Crippen molar-refractivity contribution in [3.63, 3.8) is 0 Å². The number of hydrogen-bond acceptors (Lipinski definition) is 3. The van der Waals surface area contributed by atoms with Gasteiger partial charge in [-0.15, -0.1) is 0 Å². The van der Waals surface area contributed by atoms with Crippen molar-refractivity contribution in [2.45, 2.75) is 46.4 Å². The monoisotopic (exact) mass is 185 g/mol. The molecular formula is C10H19NO2. The molecule has 1 rings (SSSR count). The van der Waals surface area contributed by atoms with E-state index in [0.717, 1.165) is 13.0 Å². The highest BCUT2D eigenvalue weighted by Crippen LogP contribution is 2.34. The molecule has 1 N–H and O–H groups in total. The first-order valence-electron chi connectivity index (χ1n) is 4.78. The first-order valence-corrected chi connectivity index (χ1v) is 4.78. The molecule has 76 valence electrons. The van der Waals surface area contributed by atoms with Crippen molar-refractivity contribution < 1.29 is 9.90 Å². The number of hydrogen-bond donors (Lipinski definition) is 1. The lowest BCUT2D eigenvalue weighted by atomic mass is 9.90. The van der Waals surface area contributed by atoms with Crippen LogP contribution in [0.25, 0.3) is 0 Å². The Labute approximate surface area is 79.7 Å². The van der Waals surface area contributed by atoms with E-state index >= 15 is 0 Å². The van der Waals surface area contributed by atoms with Crippen molar-refractivity contribution in [1.82, 2.24) is 4.90 Å². The Kier molecular flexibility index (Phi) is 2.78. The lowest BCUT2D eigenvalue weighted by molar-refractivity contribution is -0.124. The van der Waals surface area contributed by atoms with Crippen LogP contribution in [0, 0.1) is 5.41 Å². The number of aliphatic hydroxyl groups is 1. The van der Waals surface area contributed by atoms with Crippen LogP contribution >= 0.6 is 0 Å². The molecule has 13 heavy (non-hydrogen) atoms. The maximum atomic E-state index is 11.3. The van der Waals surface area contributed by atoms with E-state index in [1.54, 1.807) is 13.8 Å². The number of rotatable bonds is 2. The average molecular weight is 185 g/mol. The summed E-state index contributed by atoms with van der Waals surface area (Å²) in [5.41, 5.74) is 0.146. The summed E-state index contributed by atoms with van der Waals surface area (Å²) < 4.78 is 0. The van der Waals surface area contributed by atoms with Gasteiger partial charge < -0.3 is 5.11 Å². The second-order valence-electron chi connectivity index (χ2n) is 4.80. The average Bonchev–Trinajstić information content (AvgIpc) is 2.26. The van der Waals surface area contributed by atoms with Crippen LogP contribution in [0.4, 0.5) is 0 Å². The molecule has 0 aromatic carbocycles. The summed E-state index contributed by atoms with van der Waals surface area (Å²) in [7, 11) is 0. The molecule has 0 amide bonds. The van der Waals surface area contributed by atoms with Gasteiger partial charge in [-0.25, -0.2) is 0 Å². The van der Waals surface area contributed by atoms with Crippen molar-refractivity contribution in [2.75, 3.05) is 6.54 Å². The zero-order chi connectivity index (χ0) is 10.2. The molecule has 0 spiro atoms. The highest BCUT2D eigenvalue weighted by Gasteiger charge is 2.41. The molecule has 0 aromatic heterocycles. The molecule has 0 aromatic rings. The minimum Gasteiger partial charge on any atom is -0.379 e. The number of Topliss-reactive ketones (excluding diaryl/α,β-unsaturated/α-hetero) is 1. The first kappa shape index (κ1) is 10.7. The van der Waals surface area contributed by atoms with E-state index in [1.807, 2.05) is 4.90 Å². The Balaban J connectivity index is 2.77. The van der Waals surface area contributed by atoms with Gasteiger partial charge in [-0.05, 0) is 25.7 Å². The number of likely N-dealkylation sites (tertiary alicyclic amines) is 1. The third kappa shape index (κ3) is 2.29. The quantitative estimate of drug-likeness (QED) is 0.698. The summed E-state index contributed by atoms with van der Waals surface area (Å²) in [6.07, 6.45) is 0.337. The number of carbonyl (C=O) groups is 1. The van der Waals surface area contributed by atoms with Crippen LogP contribution < -0.4 is 0 Å². The molecule has 0 bridgehead atoms. The smallest absolute Gasteiger partial charge is 0.147 e. The molecule has 3 nitrogen and oxygen atoms in total. The Morgan fingerprint density at radius 3 is 2.46 bits per heavy atom. The van der Waals surface area contributed by atoms with Gasteiger partial charge in [0.15, 0.2) is 0 Å². The van der Waals surface area contributed by atoms with E-state index < -0.39 is 6.23 Å². The standard InChI is InChI=1S/C10H19NO2/c1-7(12)9-5-10(3,4)6-11(9)8(2)13/h8-9,13H,5-6H2,1-4H3/t8?,9-/m0/s1. The molecule has 0 aliphatic carbocycles. The molecule has 0 saturated carbocycles. The fourth-order valence-electron chi connectivity index (χ4n) is 2.08. The topological polar surface area (TPSA) is 40.5 Å². The molecule has 1 fully saturated rings.